The van der Waals surface area contributed by atoms with E-state index >= 15 is 0 Å². The zero-order chi connectivity index (χ0) is 18.2. The van der Waals surface area contributed by atoms with Crippen LogP contribution in [0.15, 0.2) is 22.5 Å². The van der Waals surface area contributed by atoms with Gasteiger partial charge in [-0.2, -0.15) is 0 Å². The third kappa shape index (κ3) is 7.09. The Morgan fingerprint density at radius 2 is 2.04 bits per heavy atom. The Balaban J connectivity index is 0.00000261. The molecule has 1 aromatic heterocycles. The van der Waals surface area contributed by atoms with Crippen LogP contribution in [-0.4, -0.2) is 62.7 Å². The van der Waals surface area contributed by atoms with E-state index in [1.807, 2.05) is 18.4 Å². The van der Waals surface area contributed by atoms with E-state index in [1.54, 1.807) is 0 Å². The molecular formula is C20H36IN5S. The number of anilines is 1. The van der Waals surface area contributed by atoms with Crippen LogP contribution in [0.4, 0.5) is 5.00 Å². The smallest absolute Gasteiger partial charge is 0.191 e. The number of aliphatic imine (C=N–C) groups is 1. The van der Waals surface area contributed by atoms with Gasteiger partial charge in [0.05, 0.1) is 5.00 Å². The van der Waals surface area contributed by atoms with E-state index in [0.29, 0.717) is 6.04 Å². The summed E-state index contributed by atoms with van der Waals surface area (Å²) < 4.78 is 0. The van der Waals surface area contributed by atoms with Crippen LogP contribution in [0, 0.1) is 0 Å². The minimum Gasteiger partial charge on any atom is -0.363 e. The molecule has 0 bridgehead atoms. The largest absolute Gasteiger partial charge is 0.363 e. The van der Waals surface area contributed by atoms with Crippen molar-refractivity contribution in [3.8, 4) is 0 Å². The molecule has 0 aliphatic carbocycles. The first-order chi connectivity index (χ1) is 12.8. The first-order valence-electron chi connectivity index (χ1n) is 10.3. The number of halogens is 1. The summed E-state index contributed by atoms with van der Waals surface area (Å²) in [6.07, 6.45) is 7.65. The van der Waals surface area contributed by atoms with Gasteiger partial charge < -0.3 is 20.4 Å². The topological polar surface area (TPSA) is 42.9 Å². The van der Waals surface area contributed by atoms with Gasteiger partial charge in [-0.3, -0.25) is 4.99 Å². The first kappa shape index (κ1) is 22.7. The predicted molar refractivity (Wildman–Crippen MR) is 129 cm³/mol. The highest BCUT2D eigenvalue weighted by Crippen LogP contribution is 2.24. The summed E-state index contributed by atoms with van der Waals surface area (Å²) >= 11 is 1.84. The maximum atomic E-state index is 4.42. The Labute approximate surface area is 186 Å². The lowest BCUT2D eigenvalue weighted by Crippen LogP contribution is -2.49. The average molecular weight is 506 g/mol. The van der Waals surface area contributed by atoms with Gasteiger partial charge in [-0.25, -0.2) is 0 Å². The minimum atomic E-state index is 0. The fourth-order valence-electron chi connectivity index (χ4n) is 4.06. The molecule has 0 aromatic carbocycles. The van der Waals surface area contributed by atoms with Crippen molar-refractivity contribution in [3.05, 3.63) is 17.5 Å². The van der Waals surface area contributed by atoms with Crippen molar-refractivity contribution in [1.29, 1.82) is 0 Å². The van der Waals surface area contributed by atoms with Gasteiger partial charge in [0.15, 0.2) is 5.96 Å². The normalized spacial score (nSPS) is 22.4. The molecule has 1 unspecified atom stereocenters. The van der Waals surface area contributed by atoms with Gasteiger partial charge in [0.1, 0.15) is 0 Å². The van der Waals surface area contributed by atoms with Crippen molar-refractivity contribution < 1.29 is 0 Å². The monoisotopic (exact) mass is 505 g/mol. The highest BCUT2D eigenvalue weighted by Gasteiger charge is 2.21. The fourth-order valence-corrected chi connectivity index (χ4v) is 4.85. The van der Waals surface area contributed by atoms with Crippen LogP contribution in [0.25, 0.3) is 0 Å². The molecule has 0 spiro atoms. The summed E-state index contributed by atoms with van der Waals surface area (Å²) in [4.78, 5) is 9.56. The van der Waals surface area contributed by atoms with Crippen LogP contribution in [0.5, 0.6) is 0 Å². The maximum absolute atomic E-state index is 4.42. The molecule has 0 radical (unpaired) electrons. The van der Waals surface area contributed by atoms with Crippen LogP contribution in [0.2, 0.25) is 0 Å². The minimum absolute atomic E-state index is 0. The molecule has 154 valence electrons. The Morgan fingerprint density at radius 1 is 1.22 bits per heavy atom. The summed E-state index contributed by atoms with van der Waals surface area (Å²) in [5, 5.41) is 10.7. The molecule has 2 saturated heterocycles. The number of likely N-dealkylation sites (tertiary alicyclic amines) is 1. The highest BCUT2D eigenvalue weighted by molar-refractivity contribution is 14.0. The van der Waals surface area contributed by atoms with Crippen molar-refractivity contribution in [1.82, 2.24) is 15.5 Å². The van der Waals surface area contributed by atoms with Crippen LogP contribution in [0.3, 0.4) is 0 Å². The van der Waals surface area contributed by atoms with E-state index in [0.717, 1.165) is 31.6 Å². The number of hydrogen-bond donors (Lipinski definition) is 2. The highest BCUT2D eigenvalue weighted by atomic mass is 127. The van der Waals surface area contributed by atoms with Gasteiger partial charge in [0, 0.05) is 45.3 Å². The molecule has 1 atom stereocenters. The molecule has 3 rings (SSSR count). The molecule has 3 heterocycles. The summed E-state index contributed by atoms with van der Waals surface area (Å²) in [5.41, 5.74) is 0. The standard InChI is InChI=1S/C20H35N5S.HI/c1-17-7-3-4-12-24(17)13-6-11-22-20(21-2)23-18-9-14-25(15-10-18)19-8-5-16-26-19;/h5,8,16-18H,3-4,6-7,9-15H2,1-2H3,(H2,21,22,23);1H. The zero-order valence-electron chi connectivity index (χ0n) is 16.8. The van der Waals surface area contributed by atoms with Crippen molar-refractivity contribution in [3.63, 3.8) is 0 Å². The van der Waals surface area contributed by atoms with Crippen molar-refractivity contribution in [2.45, 2.75) is 57.5 Å². The van der Waals surface area contributed by atoms with Gasteiger partial charge in [-0.1, -0.05) is 6.42 Å². The van der Waals surface area contributed by atoms with Crippen LogP contribution >= 0.6 is 35.3 Å². The third-order valence-electron chi connectivity index (χ3n) is 5.73. The van der Waals surface area contributed by atoms with Gasteiger partial charge in [-0.15, -0.1) is 35.3 Å². The zero-order valence-corrected chi connectivity index (χ0v) is 20.0. The second-order valence-corrected chi connectivity index (χ2v) is 8.52. The van der Waals surface area contributed by atoms with Crippen LogP contribution < -0.4 is 15.5 Å². The summed E-state index contributed by atoms with van der Waals surface area (Å²) in [5.74, 6) is 0.964. The van der Waals surface area contributed by atoms with Gasteiger partial charge in [0.25, 0.3) is 0 Å². The molecule has 27 heavy (non-hydrogen) atoms. The number of nitrogens with zero attached hydrogens (tertiary/aromatic N) is 3. The molecule has 2 aliphatic rings. The van der Waals surface area contributed by atoms with Crippen LogP contribution in [0.1, 0.15) is 45.4 Å². The van der Waals surface area contributed by atoms with Crippen molar-refractivity contribution in [2.24, 2.45) is 4.99 Å². The van der Waals surface area contributed by atoms with E-state index in [4.69, 9.17) is 0 Å². The second kappa shape index (κ2) is 12.1. The number of hydrogen-bond acceptors (Lipinski definition) is 4. The average Bonchev–Trinajstić information content (AvgIpc) is 3.21. The molecular weight excluding hydrogens is 469 g/mol. The molecule has 2 fully saturated rings. The lowest BCUT2D eigenvalue weighted by molar-refractivity contribution is 0.159. The summed E-state index contributed by atoms with van der Waals surface area (Å²) in [6.45, 7) is 8.10. The van der Waals surface area contributed by atoms with E-state index in [2.05, 4.69) is 49.9 Å². The number of rotatable bonds is 6. The van der Waals surface area contributed by atoms with Gasteiger partial charge >= 0.3 is 0 Å². The SMILES string of the molecule is CN=C(NCCCN1CCCCC1C)NC1CCN(c2cccs2)CC1.I. The molecule has 0 saturated carbocycles. The van der Waals surface area contributed by atoms with Crippen LogP contribution in [-0.2, 0) is 0 Å². The molecule has 1 aromatic rings. The molecule has 0 amide bonds. The maximum Gasteiger partial charge on any atom is 0.191 e. The second-order valence-electron chi connectivity index (χ2n) is 7.59. The van der Waals surface area contributed by atoms with Crippen molar-refractivity contribution in [2.75, 3.05) is 44.7 Å². The number of piperidine rings is 2. The van der Waals surface area contributed by atoms with E-state index < -0.39 is 0 Å². The Bertz CT molecular complexity index is 543. The lowest BCUT2D eigenvalue weighted by Gasteiger charge is -2.34. The number of nitrogens with one attached hydrogen (secondary N) is 2. The lowest BCUT2D eigenvalue weighted by atomic mass is 10.0. The predicted octanol–water partition coefficient (Wildman–Crippen LogP) is 3.76. The number of guanidine groups is 1. The van der Waals surface area contributed by atoms with Gasteiger partial charge in [0.2, 0.25) is 0 Å². The molecule has 2 N–H and O–H groups in total. The summed E-state index contributed by atoms with van der Waals surface area (Å²) in [7, 11) is 1.88. The Hall–Kier alpha value is -0.540. The molecule has 7 heteroatoms. The Morgan fingerprint density at radius 3 is 2.70 bits per heavy atom. The quantitative estimate of drug-likeness (QED) is 0.268. The Kier molecular flexibility index (Phi) is 10.2. The van der Waals surface area contributed by atoms with Crippen molar-refractivity contribution >= 4 is 46.3 Å². The fraction of sp³-hybridized carbons (Fsp3) is 0.750. The molecule has 5 nitrogen and oxygen atoms in total. The number of thiophene rings is 1. The first-order valence-corrected chi connectivity index (χ1v) is 11.1. The van der Waals surface area contributed by atoms with Gasteiger partial charge in [-0.05, 0) is 63.1 Å². The van der Waals surface area contributed by atoms with E-state index in [1.165, 1.54) is 56.6 Å². The van der Waals surface area contributed by atoms with E-state index in [-0.39, 0.29) is 24.0 Å². The summed E-state index contributed by atoms with van der Waals surface area (Å²) in [6, 6.07) is 5.65. The van der Waals surface area contributed by atoms with E-state index in [9.17, 15) is 0 Å². The molecule has 2 aliphatic heterocycles. The third-order valence-corrected chi connectivity index (χ3v) is 6.66.